The maximum atomic E-state index is 13.9. The fourth-order valence-electron chi connectivity index (χ4n) is 2.27. The van der Waals surface area contributed by atoms with Crippen LogP contribution in [0, 0.1) is 5.82 Å². The first-order valence-electron chi connectivity index (χ1n) is 7.69. The third-order valence-electron chi connectivity index (χ3n) is 3.68. The highest BCUT2D eigenvalue weighted by molar-refractivity contribution is 9.10. The molecule has 0 unspecified atom stereocenters. The number of nitrogens with one attached hydrogen (secondary N) is 1. The lowest BCUT2D eigenvalue weighted by Crippen LogP contribution is -2.18. The molecule has 27 heavy (non-hydrogen) atoms. The van der Waals surface area contributed by atoms with Gasteiger partial charge in [-0.05, 0) is 40.3 Å². The van der Waals surface area contributed by atoms with E-state index in [0.717, 1.165) is 10.0 Å². The van der Waals surface area contributed by atoms with E-state index in [0.29, 0.717) is 23.1 Å². The van der Waals surface area contributed by atoms with Crippen molar-refractivity contribution in [2.24, 2.45) is 0 Å². The smallest absolute Gasteiger partial charge is 0.260 e. The summed E-state index contributed by atoms with van der Waals surface area (Å²) >= 11 is 9.51. The summed E-state index contributed by atoms with van der Waals surface area (Å²) in [5.74, 6) is 0.627. The van der Waals surface area contributed by atoms with Crippen molar-refractivity contribution in [3.8, 4) is 11.5 Å². The van der Waals surface area contributed by atoms with Crippen LogP contribution in [-0.4, -0.2) is 27.4 Å². The number of nitrogens with zero attached hydrogens (tertiary/aromatic N) is 4. The molecule has 0 saturated heterocycles. The average Bonchev–Trinajstić information content (AvgIpc) is 3.05. The van der Waals surface area contributed by atoms with Gasteiger partial charge in [-0.1, -0.05) is 38.7 Å². The van der Waals surface area contributed by atoms with Crippen molar-refractivity contribution in [1.82, 2.24) is 20.3 Å². The second-order valence-corrected chi connectivity index (χ2v) is 6.63. The summed E-state index contributed by atoms with van der Waals surface area (Å²) in [6, 6.07) is 7.98. The summed E-state index contributed by atoms with van der Waals surface area (Å²) in [6.07, 6.45) is 0. The van der Waals surface area contributed by atoms with Gasteiger partial charge in [0.2, 0.25) is 0 Å². The van der Waals surface area contributed by atoms with E-state index in [4.69, 9.17) is 26.8 Å². The zero-order chi connectivity index (χ0) is 19.4. The van der Waals surface area contributed by atoms with Crippen molar-refractivity contribution in [3.63, 3.8) is 0 Å². The Hall–Kier alpha value is -2.59. The molecule has 2 aromatic carbocycles. The van der Waals surface area contributed by atoms with Gasteiger partial charge in [0.1, 0.15) is 12.4 Å². The summed E-state index contributed by atoms with van der Waals surface area (Å²) in [6.45, 7) is 0.332. The molecule has 0 amide bonds. The Morgan fingerprint density at radius 3 is 2.81 bits per heavy atom. The minimum atomic E-state index is -0.430. The molecule has 0 spiro atoms. The summed E-state index contributed by atoms with van der Waals surface area (Å²) in [4.78, 5) is 1.25. The normalized spacial score (nSPS) is 10.7. The first-order valence-corrected chi connectivity index (χ1v) is 8.86. The van der Waals surface area contributed by atoms with Gasteiger partial charge in [0.05, 0.1) is 18.7 Å². The predicted octanol–water partition coefficient (Wildman–Crippen LogP) is 3.14. The van der Waals surface area contributed by atoms with E-state index in [1.165, 1.54) is 24.0 Å². The van der Waals surface area contributed by atoms with Crippen LogP contribution in [0.1, 0.15) is 11.1 Å². The van der Waals surface area contributed by atoms with Gasteiger partial charge in [-0.25, -0.2) is 4.39 Å². The summed E-state index contributed by atoms with van der Waals surface area (Å²) < 4.78 is 25.8. The second kappa shape index (κ2) is 8.40. The number of aromatic nitrogens is 4. The number of methoxy groups -OCH3 is 1. The molecule has 0 aliphatic heterocycles. The standard InChI is InChI=1S/C16H15BrClFN6O2/c1-26-14-5-9(7-21-25-16(20)22-23-24-25)11(17)6-15(14)27-8-10-12(18)3-2-4-13(10)19/h2-6,21H,7-8H2,1H3,(H2,20,22,24). The highest BCUT2D eigenvalue weighted by Gasteiger charge is 2.14. The van der Waals surface area contributed by atoms with Gasteiger partial charge in [-0.15, -0.1) is 4.79 Å². The van der Waals surface area contributed by atoms with E-state index >= 15 is 0 Å². The average molecular weight is 458 g/mol. The zero-order valence-electron chi connectivity index (χ0n) is 14.1. The van der Waals surface area contributed by atoms with Crippen LogP contribution >= 0.6 is 27.5 Å². The van der Waals surface area contributed by atoms with Gasteiger partial charge in [0, 0.05) is 10.0 Å². The topological polar surface area (TPSA) is 100 Å². The monoisotopic (exact) mass is 456 g/mol. The van der Waals surface area contributed by atoms with E-state index in [2.05, 4.69) is 36.9 Å². The fraction of sp³-hybridized carbons (Fsp3) is 0.188. The molecular weight excluding hydrogens is 443 g/mol. The molecule has 1 aromatic heterocycles. The first kappa shape index (κ1) is 19.2. The quantitative estimate of drug-likeness (QED) is 0.562. The Bertz CT molecular complexity index is 934. The molecule has 3 rings (SSSR count). The van der Waals surface area contributed by atoms with Gasteiger partial charge in [0.25, 0.3) is 5.95 Å². The number of tetrazole rings is 1. The lowest BCUT2D eigenvalue weighted by Gasteiger charge is -2.15. The third-order valence-corrected chi connectivity index (χ3v) is 4.77. The van der Waals surface area contributed by atoms with Crippen molar-refractivity contribution in [2.45, 2.75) is 13.2 Å². The summed E-state index contributed by atoms with van der Waals surface area (Å²) in [5.41, 5.74) is 9.69. The van der Waals surface area contributed by atoms with Gasteiger partial charge in [-0.2, -0.15) is 0 Å². The van der Waals surface area contributed by atoms with Crippen LogP contribution in [0.2, 0.25) is 5.02 Å². The Balaban J connectivity index is 1.76. The van der Waals surface area contributed by atoms with E-state index in [1.807, 2.05) is 0 Å². The Morgan fingerprint density at radius 1 is 1.33 bits per heavy atom. The zero-order valence-corrected chi connectivity index (χ0v) is 16.5. The maximum Gasteiger partial charge on any atom is 0.260 e. The molecule has 0 saturated carbocycles. The molecule has 3 aromatic rings. The molecule has 0 aliphatic rings. The Labute approximate surface area is 167 Å². The lowest BCUT2D eigenvalue weighted by atomic mass is 10.2. The lowest BCUT2D eigenvalue weighted by molar-refractivity contribution is 0.279. The van der Waals surface area contributed by atoms with Crippen LogP contribution < -0.4 is 20.6 Å². The number of anilines is 1. The summed E-state index contributed by atoms with van der Waals surface area (Å²) in [7, 11) is 1.52. The molecule has 0 fully saturated rings. The van der Waals surface area contributed by atoms with E-state index in [1.54, 1.807) is 18.2 Å². The number of nitrogens with two attached hydrogens (primary N) is 1. The number of hydrogen-bond donors (Lipinski definition) is 2. The minimum absolute atomic E-state index is 0.0347. The van der Waals surface area contributed by atoms with Crippen LogP contribution in [-0.2, 0) is 13.2 Å². The molecule has 8 nitrogen and oxygen atoms in total. The van der Waals surface area contributed by atoms with Crippen molar-refractivity contribution in [1.29, 1.82) is 0 Å². The molecule has 142 valence electrons. The van der Waals surface area contributed by atoms with Crippen LogP contribution in [0.5, 0.6) is 11.5 Å². The van der Waals surface area contributed by atoms with Crippen molar-refractivity contribution >= 4 is 33.5 Å². The first-order chi connectivity index (χ1) is 13.0. The number of nitrogen functional groups attached to an aromatic ring is 1. The number of benzene rings is 2. The van der Waals surface area contributed by atoms with E-state index in [9.17, 15) is 4.39 Å². The van der Waals surface area contributed by atoms with Gasteiger partial charge in [-0.3, -0.25) is 0 Å². The van der Waals surface area contributed by atoms with Crippen LogP contribution in [0.4, 0.5) is 10.3 Å². The molecule has 3 N–H and O–H groups in total. The van der Waals surface area contributed by atoms with Crippen molar-refractivity contribution < 1.29 is 13.9 Å². The van der Waals surface area contributed by atoms with Crippen molar-refractivity contribution in [2.75, 3.05) is 18.3 Å². The van der Waals surface area contributed by atoms with E-state index < -0.39 is 5.82 Å². The van der Waals surface area contributed by atoms with Crippen molar-refractivity contribution in [3.05, 3.63) is 56.8 Å². The third kappa shape index (κ3) is 4.40. The number of rotatable bonds is 7. The molecule has 0 radical (unpaired) electrons. The van der Waals surface area contributed by atoms with Gasteiger partial charge in [0.15, 0.2) is 11.5 Å². The largest absolute Gasteiger partial charge is 0.493 e. The van der Waals surface area contributed by atoms with Gasteiger partial charge >= 0.3 is 0 Å². The fourth-order valence-corrected chi connectivity index (χ4v) is 2.95. The molecular formula is C16H15BrClFN6O2. The SMILES string of the molecule is COc1cc(CNn2nnnc2N)c(Br)cc1OCc1c(F)cccc1Cl. The molecule has 1 heterocycles. The maximum absolute atomic E-state index is 13.9. The molecule has 11 heteroatoms. The molecule has 0 bridgehead atoms. The number of hydrogen-bond acceptors (Lipinski definition) is 7. The predicted molar refractivity (Wildman–Crippen MR) is 102 cm³/mol. The van der Waals surface area contributed by atoms with Crippen LogP contribution in [0.3, 0.4) is 0 Å². The number of halogens is 3. The second-order valence-electron chi connectivity index (χ2n) is 5.37. The highest BCUT2D eigenvalue weighted by atomic mass is 79.9. The number of ether oxygens (including phenoxy) is 2. The Kier molecular flexibility index (Phi) is 5.97. The highest BCUT2D eigenvalue weighted by Crippen LogP contribution is 2.34. The Morgan fingerprint density at radius 2 is 2.15 bits per heavy atom. The summed E-state index contributed by atoms with van der Waals surface area (Å²) in [5, 5.41) is 11.0. The van der Waals surface area contributed by atoms with Crippen LogP contribution in [0.15, 0.2) is 34.8 Å². The van der Waals surface area contributed by atoms with Gasteiger partial charge < -0.3 is 20.6 Å². The molecule has 0 aliphatic carbocycles. The minimum Gasteiger partial charge on any atom is -0.493 e. The molecule has 0 atom stereocenters. The van der Waals surface area contributed by atoms with E-state index in [-0.39, 0.29) is 18.1 Å². The van der Waals surface area contributed by atoms with Crippen LogP contribution in [0.25, 0.3) is 0 Å².